The maximum atomic E-state index is 12.9. The third-order valence-corrected chi connectivity index (χ3v) is 7.63. The molecule has 0 spiro atoms. The summed E-state index contributed by atoms with van der Waals surface area (Å²) in [6.07, 6.45) is 11.0. The third-order valence-electron chi connectivity index (χ3n) is 7.63. The molecule has 2 aromatic rings. The van der Waals surface area contributed by atoms with Gasteiger partial charge >= 0.3 is 0 Å². The second-order valence-corrected chi connectivity index (χ2v) is 9.94. The summed E-state index contributed by atoms with van der Waals surface area (Å²) in [5.41, 5.74) is 5.71. The number of benzene rings is 1. The van der Waals surface area contributed by atoms with Crippen molar-refractivity contribution in [1.29, 1.82) is 0 Å². The molecule has 33 heavy (non-hydrogen) atoms. The number of piperidine rings is 2. The summed E-state index contributed by atoms with van der Waals surface area (Å²) in [5.74, 6) is 2.29. The van der Waals surface area contributed by atoms with Crippen LogP contribution in [0.4, 0.5) is 0 Å². The topological polar surface area (TPSA) is 58.6 Å². The first-order chi connectivity index (χ1) is 16.1. The summed E-state index contributed by atoms with van der Waals surface area (Å²) >= 11 is 0. The van der Waals surface area contributed by atoms with Gasteiger partial charge in [0.05, 0.1) is 18.4 Å². The zero-order chi connectivity index (χ0) is 22.8. The number of amides is 1. The molecule has 1 amide bonds. The lowest BCUT2D eigenvalue weighted by Gasteiger charge is -2.32. The summed E-state index contributed by atoms with van der Waals surface area (Å²) in [4.78, 5) is 26.9. The van der Waals surface area contributed by atoms with Crippen LogP contribution in [0.3, 0.4) is 0 Å². The third kappa shape index (κ3) is 4.77. The quantitative estimate of drug-likeness (QED) is 0.683. The standard InChI is InChI=1S/C27H36N4O2/c1-19-24(27(32)31-12-4-3-5-13-31)16-28-26(29-19)22-10-7-11-30(17-22)18-23-14-20-8-6-9-21(20)15-25(23)33-2/h14-16,22H,3-13,17-18H2,1-2H3/t22-/m0/s1. The highest BCUT2D eigenvalue weighted by Gasteiger charge is 2.27. The average Bonchev–Trinajstić information content (AvgIpc) is 3.31. The summed E-state index contributed by atoms with van der Waals surface area (Å²) in [5, 5.41) is 0. The Labute approximate surface area is 197 Å². The highest BCUT2D eigenvalue weighted by atomic mass is 16.5. The first-order valence-electron chi connectivity index (χ1n) is 12.7. The smallest absolute Gasteiger partial charge is 0.257 e. The van der Waals surface area contributed by atoms with Gasteiger partial charge in [-0.05, 0) is 82.0 Å². The Balaban J connectivity index is 1.28. The summed E-state index contributed by atoms with van der Waals surface area (Å²) < 4.78 is 5.74. The van der Waals surface area contributed by atoms with Crippen molar-refractivity contribution in [2.45, 2.75) is 70.8 Å². The lowest BCUT2D eigenvalue weighted by atomic mass is 9.96. The Hall–Kier alpha value is -2.47. The minimum absolute atomic E-state index is 0.0905. The number of aromatic nitrogens is 2. The Kier molecular flexibility index (Phi) is 6.63. The monoisotopic (exact) mass is 448 g/mol. The number of fused-ring (bicyclic) bond motifs is 1. The van der Waals surface area contributed by atoms with Crippen molar-refractivity contribution in [1.82, 2.24) is 19.8 Å². The molecule has 3 aliphatic rings. The van der Waals surface area contributed by atoms with Crippen LogP contribution in [0.15, 0.2) is 18.3 Å². The van der Waals surface area contributed by atoms with Crippen LogP contribution in [0.25, 0.3) is 0 Å². The van der Waals surface area contributed by atoms with Gasteiger partial charge in [-0.2, -0.15) is 0 Å². The van der Waals surface area contributed by atoms with Crippen molar-refractivity contribution < 1.29 is 9.53 Å². The van der Waals surface area contributed by atoms with Gasteiger partial charge in [-0.1, -0.05) is 6.07 Å². The number of methoxy groups -OCH3 is 1. The lowest BCUT2D eigenvalue weighted by Crippen LogP contribution is -2.37. The van der Waals surface area contributed by atoms with Gasteiger partial charge in [-0.3, -0.25) is 9.69 Å². The van der Waals surface area contributed by atoms with E-state index in [0.717, 1.165) is 75.7 Å². The normalized spacial score (nSPS) is 21.2. The predicted molar refractivity (Wildman–Crippen MR) is 129 cm³/mol. The number of nitrogens with zero attached hydrogens (tertiary/aromatic N) is 4. The average molecular weight is 449 g/mol. The van der Waals surface area contributed by atoms with E-state index in [9.17, 15) is 4.79 Å². The molecule has 0 N–H and O–H groups in total. The fourth-order valence-electron chi connectivity index (χ4n) is 5.78. The van der Waals surface area contributed by atoms with E-state index in [1.54, 1.807) is 13.3 Å². The maximum absolute atomic E-state index is 12.9. The number of hydrogen-bond acceptors (Lipinski definition) is 5. The van der Waals surface area contributed by atoms with Gasteiger partial charge < -0.3 is 9.64 Å². The van der Waals surface area contributed by atoms with Gasteiger partial charge in [0.1, 0.15) is 11.6 Å². The molecule has 1 aliphatic carbocycles. The van der Waals surface area contributed by atoms with Gasteiger partial charge in [0.2, 0.25) is 0 Å². The Morgan fingerprint density at radius 2 is 1.85 bits per heavy atom. The first-order valence-corrected chi connectivity index (χ1v) is 12.7. The number of hydrogen-bond donors (Lipinski definition) is 0. The predicted octanol–water partition coefficient (Wildman–Crippen LogP) is 4.29. The lowest BCUT2D eigenvalue weighted by molar-refractivity contribution is 0.0722. The number of aryl methyl sites for hydroxylation is 3. The van der Waals surface area contributed by atoms with E-state index in [2.05, 4.69) is 17.0 Å². The maximum Gasteiger partial charge on any atom is 0.257 e. The first kappa shape index (κ1) is 22.3. The van der Waals surface area contributed by atoms with E-state index < -0.39 is 0 Å². The van der Waals surface area contributed by atoms with E-state index in [-0.39, 0.29) is 5.91 Å². The molecule has 3 heterocycles. The largest absolute Gasteiger partial charge is 0.496 e. The van der Waals surface area contributed by atoms with Crippen molar-refractivity contribution >= 4 is 5.91 Å². The van der Waals surface area contributed by atoms with Crippen LogP contribution in [0.1, 0.15) is 83.0 Å². The highest BCUT2D eigenvalue weighted by molar-refractivity contribution is 5.95. The number of carbonyl (C=O) groups is 1. The molecule has 0 radical (unpaired) electrons. The van der Waals surface area contributed by atoms with Crippen LogP contribution in [0, 0.1) is 6.92 Å². The number of carbonyl (C=O) groups excluding carboxylic acids is 1. The van der Waals surface area contributed by atoms with E-state index in [4.69, 9.17) is 14.7 Å². The SMILES string of the molecule is COc1cc2c(cc1CN1CCC[C@H](c3ncc(C(=O)N4CCCCC4)c(C)n3)C1)CCC2. The molecule has 6 nitrogen and oxygen atoms in total. The molecular weight excluding hydrogens is 412 g/mol. The number of ether oxygens (including phenoxy) is 1. The van der Waals surface area contributed by atoms with Gasteiger partial charge in [0, 0.05) is 43.9 Å². The van der Waals surface area contributed by atoms with Gasteiger partial charge in [-0.25, -0.2) is 9.97 Å². The van der Waals surface area contributed by atoms with E-state index >= 15 is 0 Å². The molecule has 6 heteroatoms. The van der Waals surface area contributed by atoms with Crippen molar-refractivity contribution in [3.63, 3.8) is 0 Å². The van der Waals surface area contributed by atoms with Gasteiger partial charge in [0.15, 0.2) is 0 Å². The van der Waals surface area contributed by atoms with Gasteiger partial charge in [-0.15, -0.1) is 0 Å². The van der Waals surface area contributed by atoms with Crippen LogP contribution in [-0.4, -0.2) is 59.0 Å². The second kappa shape index (κ2) is 9.80. The Morgan fingerprint density at radius 3 is 2.61 bits per heavy atom. The molecule has 2 aliphatic heterocycles. The van der Waals surface area contributed by atoms with E-state index in [0.29, 0.717) is 11.5 Å². The highest BCUT2D eigenvalue weighted by Crippen LogP contribution is 2.32. The molecule has 1 aromatic heterocycles. The molecule has 0 bridgehead atoms. The molecule has 176 valence electrons. The van der Waals surface area contributed by atoms with E-state index in [1.165, 1.54) is 42.4 Å². The fourth-order valence-corrected chi connectivity index (χ4v) is 5.78. The fraction of sp³-hybridized carbons (Fsp3) is 0.593. The van der Waals surface area contributed by atoms with Crippen LogP contribution in [0.2, 0.25) is 0 Å². The van der Waals surface area contributed by atoms with Gasteiger partial charge in [0.25, 0.3) is 5.91 Å². The molecule has 1 atom stereocenters. The zero-order valence-corrected chi connectivity index (χ0v) is 20.1. The Bertz CT molecular complexity index is 1020. The van der Waals surface area contributed by atoms with Crippen LogP contribution in [-0.2, 0) is 19.4 Å². The van der Waals surface area contributed by atoms with Crippen LogP contribution in [0.5, 0.6) is 5.75 Å². The number of rotatable bonds is 5. The molecule has 0 saturated carbocycles. The molecule has 2 fully saturated rings. The van der Waals surface area contributed by atoms with Crippen LogP contribution >= 0.6 is 0 Å². The van der Waals surface area contributed by atoms with Crippen molar-refractivity contribution in [2.75, 3.05) is 33.3 Å². The molecule has 1 aromatic carbocycles. The number of likely N-dealkylation sites (tertiary alicyclic amines) is 2. The minimum Gasteiger partial charge on any atom is -0.496 e. The molecule has 5 rings (SSSR count). The molecule has 2 saturated heterocycles. The van der Waals surface area contributed by atoms with Crippen molar-refractivity contribution in [3.8, 4) is 5.75 Å². The summed E-state index contributed by atoms with van der Waals surface area (Å²) in [6, 6.07) is 4.62. The van der Waals surface area contributed by atoms with Crippen LogP contribution < -0.4 is 4.74 Å². The second-order valence-electron chi connectivity index (χ2n) is 9.94. The van der Waals surface area contributed by atoms with E-state index in [1.807, 2.05) is 11.8 Å². The zero-order valence-electron chi connectivity index (χ0n) is 20.1. The Morgan fingerprint density at radius 1 is 1.06 bits per heavy atom. The summed E-state index contributed by atoms with van der Waals surface area (Å²) in [7, 11) is 1.78. The molecule has 0 unspecified atom stereocenters. The summed E-state index contributed by atoms with van der Waals surface area (Å²) in [6.45, 7) is 6.59. The minimum atomic E-state index is 0.0905. The van der Waals surface area contributed by atoms with Crippen molar-refractivity contribution in [2.24, 2.45) is 0 Å². The molecular formula is C27H36N4O2. The van der Waals surface area contributed by atoms with Crippen molar-refractivity contribution in [3.05, 3.63) is 52.1 Å².